The molecule has 0 radical (unpaired) electrons. The van der Waals surface area contributed by atoms with Gasteiger partial charge in [0.05, 0.1) is 11.3 Å². The summed E-state index contributed by atoms with van der Waals surface area (Å²) in [6.45, 7) is 13.2. The Morgan fingerprint density at radius 3 is 2.29 bits per heavy atom. The number of hydrogen-bond donors (Lipinski definition) is 3. The van der Waals surface area contributed by atoms with E-state index >= 15 is 0 Å². The van der Waals surface area contributed by atoms with E-state index in [-0.39, 0.29) is 17.5 Å². The number of carbonyl (C=O) groups is 2. The molecule has 0 aliphatic rings. The largest absolute Gasteiger partial charge is 0.347 e. The van der Waals surface area contributed by atoms with Gasteiger partial charge in [0.2, 0.25) is 0 Å². The Hall–Kier alpha value is -2.08. The first-order valence-corrected chi connectivity index (χ1v) is 8.45. The topological polar surface area (TPSA) is 73.5 Å². The lowest BCUT2D eigenvalue weighted by Crippen LogP contribution is -2.41. The monoisotopic (exact) mass is 334 g/mol. The second-order valence-electron chi connectivity index (χ2n) is 6.66. The van der Waals surface area contributed by atoms with Gasteiger partial charge in [0, 0.05) is 18.6 Å². The molecule has 0 aliphatic carbocycles. The van der Waals surface area contributed by atoms with Crippen LogP contribution in [0.25, 0.3) is 0 Å². The van der Waals surface area contributed by atoms with Gasteiger partial charge in [0.25, 0.3) is 5.91 Å². The molecule has 6 nitrogen and oxygen atoms in total. The zero-order chi connectivity index (χ0) is 18.2. The van der Waals surface area contributed by atoms with Crippen molar-refractivity contribution >= 4 is 17.6 Å². The molecule has 134 valence electrons. The Morgan fingerprint density at radius 2 is 1.71 bits per heavy atom. The van der Waals surface area contributed by atoms with E-state index in [1.165, 1.54) is 0 Å². The summed E-state index contributed by atoms with van der Waals surface area (Å²) >= 11 is 0. The van der Waals surface area contributed by atoms with Gasteiger partial charge in [-0.15, -0.1) is 0 Å². The summed E-state index contributed by atoms with van der Waals surface area (Å²) in [4.78, 5) is 26.6. The molecular formula is C18H30N4O2. The SMILES string of the molecule is CCN(CC)CCNC(=O)Nc1ccccc1C(=O)NC(C)(C)C. The van der Waals surface area contributed by atoms with E-state index in [4.69, 9.17) is 0 Å². The molecule has 1 aromatic carbocycles. The number of para-hydroxylation sites is 1. The van der Waals surface area contributed by atoms with E-state index < -0.39 is 0 Å². The maximum Gasteiger partial charge on any atom is 0.319 e. The molecule has 0 aliphatic heterocycles. The van der Waals surface area contributed by atoms with E-state index in [1.807, 2.05) is 20.8 Å². The molecule has 0 bridgehead atoms. The number of benzene rings is 1. The molecule has 24 heavy (non-hydrogen) atoms. The summed E-state index contributed by atoms with van der Waals surface area (Å²) in [5, 5.41) is 8.48. The van der Waals surface area contributed by atoms with Crippen LogP contribution in [0.2, 0.25) is 0 Å². The van der Waals surface area contributed by atoms with Gasteiger partial charge in [-0.25, -0.2) is 4.79 Å². The predicted octanol–water partition coefficient (Wildman–Crippen LogP) is 2.68. The molecule has 3 amide bonds. The van der Waals surface area contributed by atoms with Gasteiger partial charge < -0.3 is 20.9 Å². The zero-order valence-corrected chi connectivity index (χ0v) is 15.4. The van der Waals surface area contributed by atoms with Crippen LogP contribution in [0.15, 0.2) is 24.3 Å². The number of amides is 3. The molecule has 3 N–H and O–H groups in total. The molecule has 1 aromatic rings. The fourth-order valence-electron chi connectivity index (χ4n) is 2.23. The van der Waals surface area contributed by atoms with Gasteiger partial charge in [-0.3, -0.25) is 4.79 Å². The van der Waals surface area contributed by atoms with Crippen molar-refractivity contribution in [3.05, 3.63) is 29.8 Å². The Kier molecular flexibility index (Phi) is 7.71. The number of nitrogens with zero attached hydrogens (tertiary/aromatic N) is 1. The third kappa shape index (κ3) is 7.00. The van der Waals surface area contributed by atoms with Gasteiger partial charge in [-0.1, -0.05) is 26.0 Å². The summed E-state index contributed by atoms with van der Waals surface area (Å²) in [5.41, 5.74) is 0.613. The van der Waals surface area contributed by atoms with E-state index in [1.54, 1.807) is 24.3 Å². The number of likely N-dealkylation sites (N-methyl/N-ethyl adjacent to an activating group) is 1. The lowest BCUT2D eigenvalue weighted by molar-refractivity contribution is 0.0920. The molecule has 1 rings (SSSR count). The van der Waals surface area contributed by atoms with Crippen molar-refractivity contribution in [1.29, 1.82) is 0 Å². The first-order chi connectivity index (χ1) is 11.3. The summed E-state index contributed by atoms with van der Waals surface area (Å²) in [5.74, 6) is -0.207. The van der Waals surface area contributed by atoms with Crippen LogP contribution in [0, 0.1) is 0 Å². The molecular weight excluding hydrogens is 304 g/mol. The maximum atomic E-state index is 12.4. The van der Waals surface area contributed by atoms with Crippen LogP contribution >= 0.6 is 0 Å². The van der Waals surface area contributed by atoms with Crippen molar-refractivity contribution in [2.24, 2.45) is 0 Å². The molecule has 0 saturated carbocycles. The number of anilines is 1. The van der Waals surface area contributed by atoms with Crippen molar-refractivity contribution in [3.8, 4) is 0 Å². The number of carbonyl (C=O) groups excluding carboxylic acids is 2. The fourth-order valence-corrected chi connectivity index (χ4v) is 2.23. The molecule has 0 unspecified atom stereocenters. The van der Waals surface area contributed by atoms with Crippen LogP contribution in [0.4, 0.5) is 10.5 Å². The number of nitrogens with one attached hydrogen (secondary N) is 3. The summed E-state index contributed by atoms with van der Waals surface area (Å²) in [7, 11) is 0. The fraction of sp³-hybridized carbons (Fsp3) is 0.556. The maximum absolute atomic E-state index is 12.4. The zero-order valence-electron chi connectivity index (χ0n) is 15.4. The Balaban J connectivity index is 2.64. The highest BCUT2D eigenvalue weighted by Gasteiger charge is 2.18. The van der Waals surface area contributed by atoms with Gasteiger partial charge in [-0.2, -0.15) is 0 Å². The number of rotatable bonds is 7. The smallest absolute Gasteiger partial charge is 0.319 e. The summed E-state index contributed by atoms with van der Waals surface area (Å²) < 4.78 is 0. The van der Waals surface area contributed by atoms with Crippen molar-refractivity contribution < 1.29 is 9.59 Å². The lowest BCUT2D eigenvalue weighted by Gasteiger charge is -2.22. The molecule has 0 aromatic heterocycles. The van der Waals surface area contributed by atoms with E-state index in [0.29, 0.717) is 17.8 Å². The third-order valence-corrected chi connectivity index (χ3v) is 3.52. The third-order valence-electron chi connectivity index (χ3n) is 3.52. The molecule has 0 saturated heterocycles. The highest BCUT2D eigenvalue weighted by Crippen LogP contribution is 2.16. The first-order valence-electron chi connectivity index (χ1n) is 8.45. The predicted molar refractivity (Wildman–Crippen MR) is 98.5 cm³/mol. The molecule has 0 fully saturated rings. The van der Waals surface area contributed by atoms with Crippen LogP contribution in [-0.4, -0.2) is 48.6 Å². The minimum Gasteiger partial charge on any atom is -0.347 e. The number of urea groups is 1. The summed E-state index contributed by atoms with van der Waals surface area (Å²) in [6.07, 6.45) is 0. The van der Waals surface area contributed by atoms with Crippen LogP contribution in [-0.2, 0) is 0 Å². The molecule has 0 atom stereocenters. The van der Waals surface area contributed by atoms with Gasteiger partial charge in [0.1, 0.15) is 0 Å². The molecule has 0 spiro atoms. The average Bonchev–Trinajstić information content (AvgIpc) is 2.50. The highest BCUT2D eigenvalue weighted by molar-refractivity contribution is 6.03. The molecule has 0 heterocycles. The van der Waals surface area contributed by atoms with E-state index in [0.717, 1.165) is 19.6 Å². The second-order valence-corrected chi connectivity index (χ2v) is 6.66. The Bertz CT molecular complexity index is 548. The van der Waals surface area contributed by atoms with Crippen LogP contribution in [0.5, 0.6) is 0 Å². The van der Waals surface area contributed by atoms with Crippen LogP contribution in [0.1, 0.15) is 45.0 Å². The quantitative estimate of drug-likeness (QED) is 0.718. The average molecular weight is 334 g/mol. The van der Waals surface area contributed by atoms with E-state index in [9.17, 15) is 9.59 Å². The van der Waals surface area contributed by atoms with Crippen LogP contribution < -0.4 is 16.0 Å². The minimum absolute atomic E-state index is 0.207. The van der Waals surface area contributed by atoms with Crippen molar-refractivity contribution in [2.75, 3.05) is 31.5 Å². The Morgan fingerprint density at radius 1 is 1.08 bits per heavy atom. The van der Waals surface area contributed by atoms with Gasteiger partial charge in [0.15, 0.2) is 0 Å². The Labute approximate surface area is 145 Å². The normalized spacial score (nSPS) is 11.2. The number of hydrogen-bond acceptors (Lipinski definition) is 3. The standard InChI is InChI=1S/C18H30N4O2/c1-6-22(7-2)13-12-19-17(24)20-15-11-9-8-10-14(15)16(23)21-18(3,4)5/h8-11H,6-7,12-13H2,1-5H3,(H,21,23)(H2,19,20,24). The van der Waals surface area contributed by atoms with Gasteiger partial charge in [-0.05, 0) is 46.0 Å². The minimum atomic E-state index is -0.337. The second kappa shape index (κ2) is 9.27. The summed E-state index contributed by atoms with van der Waals surface area (Å²) in [6, 6.07) is 6.69. The lowest BCUT2D eigenvalue weighted by atomic mass is 10.1. The van der Waals surface area contributed by atoms with Gasteiger partial charge >= 0.3 is 6.03 Å². The van der Waals surface area contributed by atoms with Crippen molar-refractivity contribution in [2.45, 2.75) is 40.2 Å². The van der Waals surface area contributed by atoms with Crippen LogP contribution in [0.3, 0.4) is 0 Å². The van der Waals surface area contributed by atoms with Crippen molar-refractivity contribution in [1.82, 2.24) is 15.5 Å². The highest BCUT2D eigenvalue weighted by atomic mass is 16.2. The van der Waals surface area contributed by atoms with Crippen molar-refractivity contribution in [3.63, 3.8) is 0 Å². The molecule has 6 heteroatoms. The first kappa shape index (κ1) is 20.0. The van der Waals surface area contributed by atoms with E-state index in [2.05, 4.69) is 34.7 Å².